The number of nitrogens with two attached hydrogens (primary N) is 1. The topological polar surface area (TPSA) is 92.7 Å². The van der Waals surface area contributed by atoms with Crippen LogP contribution in [0.2, 0.25) is 5.02 Å². The molecule has 1 amide bonds. The van der Waals surface area contributed by atoms with E-state index in [2.05, 4.69) is 20.2 Å². The number of rotatable bonds is 3. The highest BCUT2D eigenvalue weighted by Gasteiger charge is 2.27. The van der Waals surface area contributed by atoms with E-state index in [1.54, 1.807) is 27.6 Å². The third-order valence-electron chi connectivity index (χ3n) is 4.79. The van der Waals surface area contributed by atoms with E-state index < -0.39 is 6.04 Å². The molecule has 0 radical (unpaired) electrons. The Morgan fingerprint density at radius 1 is 1.15 bits per heavy atom. The van der Waals surface area contributed by atoms with Crippen molar-refractivity contribution in [3.63, 3.8) is 0 Å². The van der Waals surface area contributed by atoms with Crippen molar-refractivity contribution < 1.29 is 4.79 Å². The fourth-order valence-electron chi connectivity index (χ4n) is 3.25. The average molecular weight is 386 g/mol. The van der Waals surface area contributed by atoms with Crippen molar-refractivity contribution in [3.05, 3.63) is 52.8 Å². The van der Waals surface area contributed by atoms with Gasteiger partial charge in [0.2, 0.25) is 5.91 Å². The predicted molar refractivity (Wildman–Crippen MR) is 103 cm³/mol. The Kier molecular flexibility index (Phi) is 4.67. The van der Waals surface area contributed by atoms with Gasteiger partial charge in [-0.2, -0.15) is 4.52 Å². The molecule has 8 nitrogen and oxygen atoms in total. The van der Waals surface area contributed by atoms with Crippen LogP contribution in [0, 0.1) is 6.92 Å². The summed E-state index contributed by atoms with van der Waals surface area (Å²) < 4.78 is 1.72. The predicted octanol–water partition coefficient (Wildman–Crippen LogP) is 1.43. The SMILES string of the molecule is Cc1nnc2ccc(N3CCN(C(=O)C(N)c4cccc(Cl)c4)CC3)nn12. The van der Waals surface area contributed by atoms with Gasteiger partial charge >= 0.3 is 0 Å². The summed E-state index contributed by atoms with van der Waals surface area (Å²) in [5.41, 5.74) is 7.60. The number of hydrogen-bond acceptors (Lipinski definition) is 6. The Balaban J connectivity index is 1.43. The Morgan fingerprint density at radius 2 is 1.93 bits per heavy atom. The van der Waals surface area contributed by atoms with Crippen LogP contribution < -0.4 is 10.6 Å². The van der Waals surface area contributed by atoms with Gasteiger partial charge in [-0.05, 0) is 36.8 Å². The summed E-state index contributed by atoms with van der Waals surface area (Å²) in [6.45, 7) is 4.42. The molecule has 1 aromatic carbocycles. The highest BCUT2D eigenvalue weighted by atomic mass is 35.5. The lowest BCUT2D eigenvalue weighted by atomic mass is 10.1. The first-order valence-electron chi connectivity index (χ1n) is 8.77. The first-order chi connectivity index (χ1) is 13.0. The number of anilines is 1. The van der Waals surface area contributed by atoms with Crippen molar-refractivity contribution in [1.82, 2.24) is 24.7 Å². The van der Waals surface area contributed by atoms with E-state index in [9.17, 15) is 4.79 Å². The number of amides is 1. The van der Waals surface area contributed by atoms with E-state index in [1.165, 1.54) is 0 Å². The minimum Gasteiger partial charge on any atom is -0.352 e. The summed E-state index contributed by atoms with van der Waals surface area (Å²) in [6.07, 6.45) is 0. The molecular weight excluding hydrogens is 366 g/mol. The molecule has 3 heterocycles. The summed E-state index contributed by atoms with van der Waals surface area (Å²) in [7, 11) is 0. The highest BCUT2D eigenvalue weighted by Crippen LogP contribution is 2.20. The number of fused-ring (bicyclic) bond motifs is 1. The van der Waals surface area contributed by atoms with Crippen molar-refractivity contribution in [1.29, 1.82) is 0 Å². The summed E-state index contributed by atoms with van der Waals surface area (Å²) in [4.78, 5) is 16.7. The molecule has 27 heavy (non-hydrogen) atoms. The first kappa shape index (κ1) is 17.7. The van der Waals surface area contributed by atoms with Crippen LogP contribution in [-0.2, 0) is 4.79 Å². The van der Waals surface area contributed by atoms with Crippen LogP contribution in [0.15, 0.2) is 36.4 Å². The molecule has 1 aliphatic rings. The van der Waals surface area contributed by atoms with Crippen molar-refractivity contribution in [2.45, 2.75) is 13.0 Å². The second-order valence-corrected chi connectivity index (χ2v) is 6.99. The van der Waals surface area contributed by atoms with Crippen molar-refractivity contribution in [2.24, 2.45) is 5.73 Å². The summed E-state index contributed by atoms with van der Waals surface area (Å²) in [5.74, 6) is 1.50. The Bertz CT molecular complexity index is 981. The van der Waals surface area contributed by atoms with E-state index in [4.69, 9.17) is 17.3 Å². The van der Waals surface area contributed by atoms with Gasteiger partial charge in [0.15, 0.2) is 11.5 Å². The molecule has 0 aliphatic carbocycles. The second-order valence-electron chi connectivity index (χ2n) is 6.55. The number of piperazine rings is 1. The molecule has 9 heteroatoms. The molecule has 1 saturated heterocycles. The molecule has 2 aromatic heterocycles. The van der Waals surface area contributed by atoms with Gasteiger partial charge in [-0.1, -0.05) is 23.7 Å². The maximum Gasteiger partial charge on any atom is 0.244 e. The average Bonchev–Trinajstić information content (AvgIpc) is 3.07. The van der Waals surface area contributed by atoms with E-state index in [1.807, 2.05) is 25.1 Å². The molecule has 1 fully saturated rings. The Morgan fingerprint density at radius 3 is 2.67 bits per heavy atom. The van der Waals surface area contributed by atoms with Crippen LogP contribution in [0.3, 0.4) is 0 Å². The Labute approximate surface area is 161 Å². The number of aromatic nitrogens is 4. The molecular formula is C18H20ClN7O. The number of nitrogens with zero attached hydrogens (tertiary/aromatic N) is 6. The first-order valence-corrected chi connectivity index (χ1v) is 9.14. The molecule has 0 spiro atoms. The zero-order valence-corrected chi connectivity index (χ0v) is 15.7. The monoisotopic (exact) mass is 385 g/mol. The van der Waals surface area contributed by atoms with Gasteiger partial charge < -0.3 is 15.5 Å². The normalized spacial score (nSPS) is 16.0. The molecule has 1 unspecified atom stereocenters. The van der Waals surface area contributed by atoms with Gasteiger partial charge in [0.25, 0.3) is 0 Å². The summed E-state index contributed by atoms with van der Waals surface area (Å²) in [6, 6.07) is 10.3. The standard InChI is InChI=1S/C18H20ClN7O/c1-12-21-22-15-5-6-16(23-26(12)15)24-7-9-25(10-8-24)18(27)17(20)13-3-2-4-14(19)11-13/h2-6,11,17H,7-10,20H2,1H3. The molecule has 4 rings (SSSR count). The maximum absolute atomic E-state index is 12.7. The van der Waals surface area contributed by atoms with E-state index >= 15 is 0 Å². The fraction of sp³-hybridized carbons (Fsp3) is 0.333. The van der Waals surface area contributed by atoms with E-state index in [0.717, 1.165) is 22.9 Å². The molecule has 3 aromatic rings. The molecule has 1 aliphatic heterocycles. The molecule has 0 saturated carbocycles. The van der Waals surface area contributed by atoms with Crippen LogP contribution >= 0.6 is 11.6 Å². The fourth-order valence-corrected chi connectivity index (χ4v) is 3.45. The third kappa shape index (κ3) is 3.45. The summed E-state index contributed by atoms with van der Waals surface area (Å²) >= 11 is 6.01. The van der Waals surface area contributed by atoms with Crippen LogP contribution in [0.4, 0.5) is 5.82 Å². The molecule has 1 atom stereocenters. The van der Waals surface area contributed by atoms with Crippen LogP contribution in [0.25, 0.3) is 5.65 Å². The highest BCUT2D eigenvalue weighted by molar-refractivity contribution is 6.30. The lowest BCUT2D eigenvalue weighted by molar-refractivity contribution is -0.133. The number of halogens is 1. The van der Waals surface area contributed by atoms with Crippen molar-refractivity contribution in [3.8, 4) is 0 Å². The lowest BCUT2D eigenvalue weighted by Gasteiger charge is -2.36. The number of carbonyl (C=O) groups excluding carboxylic acids is 1. The van der Waals surface area contributed by atoms with Gasteiger partial charge in [-0.15, -0.1) is 15.3 Å². The number of aryl methyl sites for hydroxylation is 1. The summed E-state index contributed by atoms with van der Waals surface area (Å²) in [5, 5.41) is 13.2. The van der Waals surface area contributed by atoms with Gasteiger partial charge in [-0.3, -0.25) is 4.79 Å². The van der Waals surface area contributed by atoms with Crippen molar-refractivity contribution >= 4 is 29.0 Å². The van der Waals surface area contributed by atoms with Gasteiger partial charge in [0.1, 0.15) is 11.9 Å². The van der Waals surface area contributed by atoms with Crippen LogP contribution in [-0.4, -0.2) is 56.8 Å². The smallest absolute Gasteiger partial charge is 0.244 e. The van der Waals surface area contributed by atoms with Crippen LogP contribution in [0.5, 0.6) is 0 Å². The number of hydrogen-bond donors (Lipinski definition) is 1. The van der Waals surface area contributed by atoms with Crippen LogP contribution in [0.1, 0.15) is 17.4 Å². The van der Waals surface area contributed by atoms with Gasteiger partial charge in [-0.25, -0.2) is 0 Å². The zero-order valence-electron chi connectivity index (χ0n) is 14.9. The largest absolute Gasteiger partial charge is 0.352 e. The molecule has 0 bridgehead atoms. The minimum atomic E-state index is -0.704. The van der Waals surface area contributed by atoms with E-state index in [-0.39, 0.29) is 5.91 Å². The minimum absolute atomic E-state index is 0.0880. The van der Waals surface area contributed by atoms with Gasteiger partial charge in [0, 0.05) is 31.2 Å². The van der Waals surface area contributed by atoms with E-state index in [0.29, 0.717) is 31.2 Å². The Hall–Kier alpha value is -2.71. The third-order valence-corrected chi connectivity index (χ3v) is 5.03. The molecule has 2 N–H and O–H groups in total. The lowest BCUT2D eigenvalue weighted by Crippen LogP contribution is -2.51. The number of carbonyl (C=O) groups is 1. The van der Waals surface area contributed by atoms with Gasteiger partial charge in [0.05, 0.1) is 0 Å². The maximum atomic E-state index is 12.7. The second kappa shape index (κ2) is 7.13. The molecule has 140 valence electrons. The number of benzene rings is 1. The zero-order chi connectivity index (χ0) is 19.0. The van der Waals surface area contributed by atoms with Crippen molar-refractivity contribution in [2.75, 3.05) is 31.1 Å². The quantitative estimate of drug-likeness (QED) is 0.733.